The minimum atomic E-state index is 0.177. The van der Waals surface area contributed by atoms with Crippen molar-refractivity contribution in [1.29, 1.82) is 0 Å². The van der Waals surface area contributed by atoms with Crippen LogP contribution in [0, 0.1) is 0 Å². The topological polar surface area (TPSA) is 20.3 Å². The van der Waals surface area contributed by atoms with E-state index < -0.39 is 0 Å². The third kappa shape index (κ3) is 2.46. The zero-order chi connectivity index (χ0) is 12.4. The summed E-state index contributed by atoms with van der Waals surface area (Å²) in [5, 5.41) is 1.96. The van der Waals surface area contributed by atoms with Crippen LogP contribution in [0.4, 0.5) is 0 Å². The summed E-state index contributed by atoms with van der Waals surface area (Å²) in [4.78, 5) is 15.3. The molecule has 2 nitrogen and oxygen atoms in total. The third-order valence-corrected chi connectivity index (χ3v) is 4.03. The molecule has 1 aromatic heterocycles. The fourth-order valence-corrected chi connectivity index (χ4v) is 2.75. The van der Waals surface area contributed by atoms with Crippen LogP contribution < -0.4 is 0 Å². The number of amides is 1. The minimum Gasteiger partial charge on any atom is -0.331 e. The quantitative estimate of drug-likeness (QED) is 0.820. The summed E-state index contributed by atoms with van der Waals surface area (Å²) >= 11 is 1.52. The average Bonchev–Trinajstić information content (AvgIpc) is 3.10. The molecule has 1 amide bonds. The lowest BCUT2D eigenvalue weighted by molar-refractivity contribution is 0.0735. The lowest BCUT2D eigenvalue weighted by Gasteiger charge is -2.21. The summed E-state index contributed by atoms with van der Waals surface area (Å²) in [6, 6.07) is 14.5. The molecule has 3 heteroatoms. The number of benzene rings is 1. The molecule has 0 aliphatic heterocycles. The van der Waals surface area contributed by atoms with Gasteiger partial charge in [-0.3, -0.25) is 4.79 Å². The van der Waals surface area contributed by atoms with Gasteiger partial charge < -0.3 is 4.90 Å². The maximum atomic E-state index is 12.4. The van der Waals surface area contributed by atoms with E-state index in [0.717, 1.165) is 24.3 Å². The lowest BCUT2D eigenvalue weighted by atomic mass is 10.2. The van der Waals surface area contributed by atoms with Gasteiger partial charge in [-0.25, -0.2) is 0 Å². The van der Waals surface area contributed by atoms with Gasteiger partial charge in [0.1, 0.15) is 0 Å². The molecule has 1 aliphatic carbocycles. The Morgan fingerprint density at radius 1 is 1.17 bits per heavy atom. The molecule has 18 heavy (non-hydrogen) atoms. The highest BCUT2D eigenvalue weighted by atomic mass is 32.1. The van der Waals surface area contributed by atoms with Crippen LogP contribution >= 0.6 is 11.3 Å². The van der Waals surface area contributed by atoms with Crippen molar-refractivity contribution in [3.8, 4) is 0 Å². The van der Waals surface area contributed by atoms with Gasteiger partial charge in [-0.1, -0.05) is 36.4 Å². The van der Waals surface area contributed by atoms with Crippen molar-refractivity contribution in [3.63, 3.8) is 0 Å². The van der Waals surface area contributed by atoms with Gasteiger partial charge in [-0.05, 0) is 29.9 Å². The van der Waals surface area contributed by atoms with Gasteiger partial charge in [0.25, 0.3) is 5.91 Å². The Bertz CT molecular complexity index is 517. The van der Waals surface area contributed by atoms with Crippen LogP contribution in [0.25, 0.3) is 0 Å². The summed E-state index contributed by atoms with van der Waals surface area (Å²) in [6.45, 7) is 0.724. The number of thiophene rings is 1. The Hall–Kier alpha value is -1.61. The first kappa shape index (κ1) is 11.5. The van der Waals surface area contributed by atoms with Gasteiger partial charge in [-0.15, -0.1) is 11.3 Å². The molecular formula is C15H15NOS. The Morgan fingerprint density at radius 3 is 2.56 bits per heavy atom. The van der Waals surface area contributed by atoms with Crippen molar-refractivity contribution >= 4 is 17.2 Å². The SMILES string of the molecule is O=C(c1cccs1)N(Cc1ccccc1)C1CC1. The van der Waals surface area contributed by atoms with Crippen molar-refractivity contribution in [3.05, 3.63) is 58.3 Å². The third-order valence-electron chi connectivity index (χ3n) is 3.18. The van der Waals surface area contributed by atoms with Crippen molar-refractivity contribution in [2.24, 2.45) is 0 Å². The molecule has 0 bridgehead atoms. The highest BCUT2D eigenvalue weighted by Gasteiger charge is 2.33. The molecule has 1 aliphatic rings. The van der Waals surface area contributed by atoms with E-state index in [0.29, 0.717) is 6.04 Å². The van der Waals surface area contributed by atoms with Gasteiger partial charge in [-0.2, -0.15) is 0 Å². The molecule has 3 rings (SSSR count). The van der Waals surface area contributed by atoms with E-state index in [1.807, 2.05) is 40.6 Å². The molecule has 92 valence electrons. The largest absolute Gasteiger partial charge is 0.331 e. The molecule has 0 atom stereocenters. The summed E-state index contributed by atoms with van der Waals surface area (Å²) in [7, 11) is 0. The maximum absolute atomic E-state index is 12.4. The Kier molecular flexibility index (Phi) is 3.15. The lowest BCUT2D eigenvalue weighted by Crippen LogP contribution is -2.32. The second kappa shape index (κ2) is 4.94. The van der Waals surface area contributed by atoms with Crippen LogP contribution in [-0.2, 0) is 6.54 Å². The van der Waals surface area contributed by atoms with Crippen LogP contribution in [0.2, 0.25) is 0 Å². The van der Waals surface area contributed by atoms with Crippen LogP contribution in [0.3, 0.4) is 0 Å². The van der Waals surface area contributed by atoms with Gasteiger partial charge >= 0.3 is 0 Å². The number of carbonyl (C=O) groups is 1. The van der Waals surface area contributed by atoms with Crippen molar-refractivity contribution < 1.29 is 4.79 Å². The van der Waals surface area contributed by atoms with Gasteiger partial charge in [0.2, 0.25) is 0 Å². The first-order valence-corrected chi connectivity index (χ1v) is 7.11. The number of nitrogens with zero attached hydrogens (tertiary/aromatic N) is 1. The molecule has 0 radical (unpaired) electrons. The summed E-state index contributed by atoms with van der Waals surface area (Å²) in [5.41, 5.74) is 1.20. The van der Waals surface area contributed by atoms with Crippen molar-refractivity contribution in [1.82, 2.24) is 4.90 Å². The fourth-order valence-electron chi connectivity index (χ4n) is 2.07. The van der Waals surface area contributed by atoms with Gasteiger partial charge in [0.05, 0.1) is 4.88 Å². The van der Waals surface area contributed by atoms with E-state index in [-0.39, 0.29) is 5.91 Å². The van der Waals surface area contributed by atoms with E-state index in [2.05, 4.69) is 12.1 Å². The van der Waals surface area contributed by atoms with Crippen molar-refractivity contribution in [2.75, 3.05) is 0 Å². The first-order chi connectivity index (χ1) is 8.84. The smallest absolute Gasteiger partial charge is 0.264 e. The first-order valence-electron chi connectivity index (χ1n) is 6.23. The van der Waals surface area contributed by atoms with E-state index >= 15 is 0 Å². The Morgan fingerprint density at radius 2 is 1.94 bits per heavy atom. The van der Waals surface area contributed by atoms with Crippen LogP contribution in [0.1, 0.15) is 28.1 Å². The number of rotatable bonds is 4. The summed E-state index contributed by atoms with van der Waals surface area (Å²) in [6.07, 6.45) is 2.29. The summed E-state index contributed by atoms with van der Waals surface area (Å²) < 4.78 is 0. The van der Waals surface area contributed by atoms with E-state index in [1.54, 1.807) is 0 Å². The predicted octanol–water partition coefficient (Wildman–Crippen LogP) is 3.55. The summed E-state index contributed by atoms with van der Waals surface area (Å²) in [5.74, 6) is 0.177. The van der Waals surface area contributed by atoms with Crippen molar-refractivity contribution in [2.45, 2.75) is 25.4 Å². The molecule has 1 heterocycles. The Labute approximate surface area is 111 Å². The highest BCUT2D eigenvalue weighted by molar-refractivity contribution is 7.12. The highest BCUT2D eigenvalue weighted by Crippen LogP contribution is 2.30. The number of hydrogen-bond donors (Lipinski definition) is 0. The fraction of sp³-hybridized carbons (Fsp3) is 0.267. The second-order valence-electron chi connectivity index (χ2n) is 4.63. The number of hydrogen-bond acceptors (Lipinski definition) is 2. The van der Waals surface area contributed by atoms with E-state index in [1.165, 1.54) is 16.9 Å². The maximum Gasteiger partial charge on any atom is 0.264 e. The number of carbonyl (C=O) groups excluding carboxylic acids is 1. The molecular weight excluding hydrogens is 242 g/mol. The normalized spacial score (nSPS) is 14.4. The minimum absolute atomic E-state index is 0.177. The molecule has 1 fully saturated rings. The predicted molar refractivity (Wildman–Crippen MR) is 73.7 cm³/mol. The van der Waals surface area contributed by atoms with Gasteiger partial charge in [0, 0.05) is 12.6 Å². The van der Waals surface area contributed by atoms with E-state index in [9.17, 15) is 4.79 Å². The molecule has 0 N–H and O–H groups in total. The average molecular weight is 257 g/mol. The van der Waals surface area contributed by atoms with Crippen LogP contribution in [0.5, 0.6) is 0 Å². The zero-order valence-electron chi connectivity index (χ0n) is 10.1. The molecule has 0 saturated heterocycles. The van der Waals surface area contributed by atoms with E-state index in [4.69, 9.17) is 0 Å². The monoisotopic (exact) mass is 257 g/mol. The van der Waals surface area contributed by atoms with Crippen LogP contribution in [-0.4, -0.2) is 16.8 Å². The zero-order valence-corrected chi connectivity index (χ0v) is 10.9. The molecule has 2 aromatic rings. The molecule has 1 saturated carbocycles. The van der Waals surface area contributed by atoms with Gasteiger partial charge in [0.15, 0.2) is 0 Å². The van der Waals surface area contributed by atoms with Crippen LogP contribution in [0.15, 0.2) is 47.8 Å². The Balaban J connectivity index is 1.79. The molecule has 1 aromatic carbocycles. The molecule has 0 spiro atoms. The second-order valence-corrected chi connectivity index (χ2v) is 5.57. The standard InChI is InChI=1S/C15H15NOS/c17-15(14-7-4-10-18-14)16(13-8-9-13)11-12-5-2-1-3-6-12/h1-7,10,13H,8-9,11H2. The molecule has 0 unspecified atom stereocenters.